The lowest BCUT2D eigenvalue weighted by atomic mass is 9.69. The van der Waals surface area contributed by atoms with Gasteiger partial charge < -0.3 is 10.1 Å². The second-order valence-corrected chi connectivity index (χ2v) is 4.48. The van der Waals surface area contributed by atoms with Gasteiger partial charge in [0.2, 0.25) is 0 Å². The van der Waals surface area contributed by atoms with Crippen molar-refractivity contribution in [2.45, 2.75) is 25.7 Å². The fourth-order valence-corrected chi connectivity index (χ4v) is 3.05. The zero-order valence-electron chi connectivity index (χ0n) is 8.79. The predicted molar refractivity (Wildman–Crippen MR) is 53.8 cm³/mol. The Bertz CT molecular complexity index is 215. The molecule has 3 atom stereocenters. The molecule has 1 N–H and O–H groups in total. The Kier molecular flexibility index (Phi) is 3.06. The van der Waals surface area contributed by atoms with Crippen LogP contribution in [0, 0.1) is 17.8 Å². The fourth-order valence-electron chi connectivity index (χ4n) is 3.05. The molecule has 2 aliphatic rings. The van der Waals surface area contributed by atoms with E-state index in [1.165, 1.54) is 20.0 Å². The molecule has 0 aromatic rings. The van der Waals surface area contributed by atoms with Gasteiger partial charge >= 0.3 is 5.97 Å². The van der Waals surface area contributed by atoms with Crippen molar-refractivity contribution in [2.24, 2.45) is 17.8 Å². The SMILES string of the molecule is COC(=O)[C@@H]1CCC[C@H]2CNCC[C@@H]21. The number of hydrogen-bond acceptors (Lipinski definition) is 3. The molecule has 1 saturated carbocycles. The molecule has 2 fully saturated rings. The van der Waals surface area contributed by atoms with Gasteiger partial charge in [0.1, 0.15) is 0 Å². The van der Waals surface area contributed by atoms with Crippen molar-refractivity contribution in [3.05, 3.63) is 0 Å². The van der Waals surface area contributed by atoms with E-state index in [0.29, 0.717) is 11.8 Å². The van der Waals surface area contributed by atoms with E-state index < -0.39 is 0 Å². The summed E-state index contributed by atoms with van der Waals surface area (Å²) in [4.78, 5) is 11.6. The summed E-state index contributed by atoms with van der Waals surface area (Å²) in [5.41, 5.74) is 0. The van der Waals surface area contributed by atoms with Crippen molar-refractivity contribution in [1.29, 1.82) is 0 Å². The monoisotopic (exact) mass is 197 g/mol. The highest BCUT2D eigenvalue weighted by atomic mass is 16.5. The Balaban J connectivity index is 2.04. The van der Waals surface area contributed by atoms with Crippen LogP contribution in [0.5, 0.6) is 0 Å². The number of methoxy groups -OCH3 is 1. The van der Waals surface area contributed by atoms with E-state index >= 15 is 0 Å². The van der Waals surface area contributed by atoms with Gasteiger partial charge in [-0.25, -0.2) is 0 Å². The summed E-state index contributed by atoms with van der Waals surface area (Å²) in [5.74, 6) is 1.49. The zero-order chi connectivity index (χ0) is 9.97. The van der Waals surface area contributed by atoms with Crippen molar-refractivity contribution >= 4 is 5.97 Å². The molecule has 0 aromatic heterocycles. The van der Waals surface area contributed by atoms with Crippen LogP contribution >= 0.6 is 0 Å². The Hall–Kier alpha value is -0.570. The summed E-state index contributed by atoms with van der Waals surface area (Å²) < 4.78 is 4.88. The quantitative estimate of drug-likeness (QED) is 0.642. The zero-order valence-corrected chi connectivity index (χ0v) is 8.79. The molecule has 80 valence electrons. The first-order valence-corrected chi connectivity index (χ1v) is 5.61. The average Bonchev–Trinajstić information content (AvgIpc) is 2.27. The van der Waals surface area contributed by atoms with Gasteiger partial charge in [-0.15, -0.1) is 0 Å². The maximum Gasteiger partial charge on any atom is 0.308 e. The number of carbonyl (C=O) groups excluding carboxylic acids is 1. The predicted octanol–water partition coefficient (Wildman–Crippen LogP) is 1.19. The highest BCUT2D eigenvalue weighted by Gasteiger charge is 2.38. The van der Waals surface area contributed by atoms with Gasteiger partial charge in [0.25, 0.3) is 0 Å². The van der Waals surface area contributed by atoms with Gasteiger partial charge in [-0.1, -0.05) is 6.42 Å². The van der Waals surface area contributed by atoms with E-state index in [0.717, 1.165) is 25.9 Å². The summed E-state index contributed by atoms with van der Waals surface area (Å²) >= 11 is 0. The molecule has 3 nitrogen and oxygen atoms in total. The molecule has 1 saturated heterocycles. The molecule has 0 spiro atoms. The van der Waals surface area contributed by atoms with Crippen molar-refractivity contribution in [1.82, 2.24) is 5.32 Å². The van der Waals surface area contributed by atoms with Crippen molar-refractivity contribution in [3.63, 3.8) is 0 Å². The summed E-state index contributed by atoms with van der Waals surface area (Å²) in [6.45, 7) is 2.16. The van der Waals surface area contributed by atoms with Crippen LogP contribution in [0.15, 0.2) is 0 Å². The molecule has 0 amide bonds. The normalized spacial score (nSPS) is 37.4. The molecule has 1 aliphatic heterocycles. The van der Waals surface area contributed by atoms with Crippen LogP contribution in [0.25, 0.3) is 0 Å². The Morgan fingerprint density at radius 2 is 2.21 bits per heavy atom. The van der Waals surface area contributed by atoms with Crippen LogP contribution < -0.4 is 5.32 Å². The van der Waals surface area contributed by atoms with E-state index in [-0.39, 0.29) is 11.9 Å². The third-order valence-electron chi connectivity index (χ3n) is 3.78. The number of fused-ring (bicyclic) bond motifs is 1. The summed E-state index contributed by atoms with van der Waals surface area (Å²) in [5, 5.41) is 3.41. The first kappa shape index (κ1) is 9.97. The lowest BCUT2D eigenvalue weighted by Gasteiger charge is -2.40. The smallest absolute Gasteiger partial charge is 0.308 e. The molecular formula is C11H19NO2. The van der Waals surface area contributed by atoms with E-state index in [1.807, 2.05) is 0 Å². The number of piperidine rings is 1. The Morgan fingerprint density at radius 1 is 1.36 bits per heavy atom. The van der Waals surface area contributed by atoms with Gasteiger partial charge in [-0.2, -0.15) is 0 Å². The first-order chi connectivity index (χ1) is 6.83. The van der Waals surface area contributed by atoms with Gasteiger partial charge in [0.15, 0.2) is 0 Å². The third kappa shape index (κ3) is 1.78. The molecule has 3 heteroatoms. The minimum atomic E-state index is 0.0154. The lowest BCUT2D eigenvalue weighted by molar-refractivity contribution is -0.150. The number of ether oxygens (including phenoxy) is 1. The summed E-state index contributed by atoms with van der Waals surface area (Å²) in [7, 11) is 1.51. The van der Waals surface area contributed by atoms with Gasteiger partial charge in [0.05, 0.1) is 13.0 Å². The second kappa shape index (κ2) is 4.30. The van der Waals surface area contributed by atoms with Crippen LogP contribution in [-0.4, -0.2) is 26.2 Å². The first-order valence-electron chi connectivity index (χ1n) is 5.61. The van der Waals surface area contributed by atoms with Crippen molar-refractivity contribution < 1.29 is 9.53 Å². The third-order valence-corrected chi connectivity index (χ3v) is 3.78. The second-order valence-electron chi connectivity index (χ2n) is 4.48. The molecular weight excluding hydrogens is 178 g/mol. The van der Waals surface area contributed by atoms with Crippen molar-refractivity contribution in [2.75, 3.05) is 20.2 Å². The number of hydrogen-bond donors (Lipinski definition) is 1. The van der Waals surface area contributed by atoms with Crippen LogP contribution in [0.4, 0.5) is 0 Å². The molecule has 0 unspecified atom stereocenters. The van der Waals surface area contributed by atoms with Crippen LogP contribution in [0.2, 0.25) is 0 Å². The van der Waals surface area contributed by atoms with E-state index in [4.69, 9.17) is 4.74 Å². The highest BCUT2D eigenvalue weighted by molar-refractivity contribution is 5.72. The number of rotatable bonds is 1. The average molecular weight is 197 g/mol. The Morgan fingerprint density at radius 3 is 3.00 bits per heavy atom. The minimum Gasteiger partial charge on any atom is -0.469 e. The molecule has 2 rings (SSSR count). The maximum absolute atomic E-state index is 11.6. The maximum atomic E-state index is 11.6. The van der Waals surface area contributed by atoms with E-state index in [1.54, 1.807) is 0 Å². The topological polar surface area (TPSA) is 38.3 Å². The fraction of sp³-hybridized carbons (Fsp3) is 0.909. The molecule has 0 radical (unpaired) electrons. The summed E-state index contributed by atoms with van der Waals surface area (Å²) in [6.07, 6.45) is 4.64. The highest BCUT2D eigenvalue weighted by Crippen LogP contribution is 2.38. The standard InChI is InChI=1S/C11H19NO2/c1-14-11(13)10-4-2-3-8-7-12-6-5-9(8)10/h8-10,12H,2-7H2,1H3/t8-,9-,10+/m0/s1. The molecule has 14 heavy (non-hydrogen) atoms. The lowest BCUT2D eigenvalue weighted by Crippen LogP contribution is -2.44. The Labute approximate surface area is 85.2 Å². The van der Waals surface area contributed by atoms with Crippen LogP contribution in [-0.2, 0) is 9.53 Å². The molecule has 1 aliphatic carbocycles. The summed E-state index contributed by atoms with van der Waals surface area (Å²) in [6, 6.07) is 0. The molecule has 0 aromatic carbocycles. The van der Waals surface area contributed by atoms with Crippen molar-refractivity contribution in [3.8, 4) is 0 Å². The minimum absolute atomic E-state index is 0.0154. The largest absolute Gasteiger partial charge is 0.469 e. The van der Waals surface area contributed by atoms with Gasteiger partial charge in [-0.05, 0) is 44.2 Å². The van der Waals surface area contributed by atoms with Crippen LogP contribution in [0.1, 0.15) is 25.7 Å². The molecule has 1 heterocycles. The van der Waals surface area contributed by atoms with Gasteiger partial charge in [0, 0.05) is 0 Å². The van der Waals surface area contributed by atoms with Crippen LogP contribution in [0.3, 0.4) is 0 Å². The number of carbonyl (C=O) groups is 1. The number of nitrogens with one attached hydrogen (secondary N) is 1. The molecule has 0 bridgehead atoms. The van der Waals surface area contributed by atoms with Gasteiger partial charge in [-0.3, -0.25) is 4.79 Å². The number of esters is 1. The van der Waals surface area contributed by atoms with E-state index in [2.05, 4.69) is 5.32 Å². The van der Waals surface area contributed by atoms with E-state index in [9.17, 15) is 4.79 Å².